The standard InChI is InChI=1S/C19H21NO3S/c1-14-5-11-17(12-6-14)24(22)20-13-15-7-9-16(10-8-15)18(21)23-19(2,3)4/h5-13H,1-4H3. The second-order valence-corrected chi connectivity index (χ2v) is 7.60. The highest BCUT2D eigenvalue weighted by Crippen LogP contribution is 2.13. The normalized spacial score (nSPS) is 13.0. The van der Waals surface area contributed by atoms with Crippen molar-refractivity contribution in [1.82, 2.24) is 0 Å². The average Bonchev–Trinajstić information content (AvgIpc) is 2.52. The van der Waals surface area contributed by atoms with Crippen LogP contribution in [0.5, 0.6) is 0 Å². The second-order valence-electron chi connectivity index (χ2n) is 6.42. The molecule has 0 saturated carbocycles. The molecular weight excluding hydrogens is 322 g/mol. The Morgan fingerprint density at radius 1 is 1.04 bits per heavy atom. The number of hydrogen-bond acceptors (Lipinski definition) is 3. The molecule has 0 aromatic heterocycles. The molecule has 0 heterocycles. The highest BCUT2D eigenvalue weighted by Gasteiger charge is 2.17. The summed E-state index contributed by atoms with van der Waals surface area (Å²) >= 11 is 0. The Labute approximate surface area is 145 Å². The summed E-state index contributed by atoms with van der Waals surface area (Å²) in [5.41, 5.74) is 1.82. The summed E-state index contributed by atoms with van der Waals surface area (Å²) in [5.74, 6) is -0.366. The first kappa shape index (κ1) is 18.1. The molecule has 2 aromatic rings. The molecule has 2 aromatic carbocycles. The lowest BCUT2D eigenvalue weighted by molar-refractivity contribution is 0.00695. The van der Waals surface area contributed by atoms with Gasteiger partial charge in [0.2, 0.25) is 0 Å². The zero-order chi connectivity index (χ0) is 17.7. The third kappa shape index (κ3) is 5.42. The topological polar surface area (TPSA) is 55.7 Å². The third-order valence-electron chi connectivity index (χ3n) is 3.07. The van der Waals surface area contributed by atoms with E-state index in [1.54, 1.807) is 36.4 Å². The first-order chi connectivity index (χ1) is 11.2. The van der Waals surface area contributed by atoms with Gasteiger partial charge in [-0.1, -0.05) is 29.8 Å². The van der Waals surface area contributed by atoms with Crippen molar-refractivity contribution in [3.05, 3.63) is 65.2 Å². The van der Waals surface area contributed by atoms with Crippen LogP contribution < -0.4 is 0 Å². The Kier molecular flexibility index (Phi) is 5.67. The van der Waals surface area contributed by atoms with Gasteiger partial charge in [0.1, 0.15) is 5.60 Å². The lowest BCUT2D eigenvalue weighted by atomic mass is 10.1. The molecule has 1 unspecified atom stereocenters. The summed E-state index contributed by atoms with van der Waals surface area (Å²) in [5, 5.41) is 0. The Morgan fingerprint density at radius 3 is 2.17 bits per heavy atom. The minimum atomic E-state index is -1.44. The van der Waals surface area contributed by atoms with Gasteiger partial charge in [-0.2, -0.15) is 4.40 Å². The van der Waals surface area contributed by atoms with Crippen molar-refractivity contribution < 1.29 is 13.7 Å². The Balaban J connectivity index is 2.04. The molecule has 24 heavy (non-hydrogen) atoms. The number of aryl methyl sites for hydroxylation is 1. The predicted octanol–water partition coefficient (Wildman–Crippen LogP) is 4.09. The molecule has 0 spiro atoms. The zero-order valence-electron chi connectivity index (χ0n) is 14.3. The quantitative estimate of drug-likeness (QED) is 0.620. The molecule has 0 aliphatic carbocycles. The summed E-state index contributed by atoms with van der Waals surface area (Å²) < 4.78 is 21.5. The minimum absolute atomic E-state index is 0.366. The summed E-state index contributed by atoms with van der Waals surface area (Å²) in [6.45, 7) is 7.45. The Morgan fingerprint density at radius 2 is 1.62 bits per heavy atom. The molecule has 0 amide bonds. The number of benzene rings is 2. The summed E-state index contributed by atoms with van der Waals surface area (Å²) in [4.78, 5) is 12.6. The maximum absolute atomic E-state index is 12.1. The first-order valence-corrected chi connectivity index (χ1v) is 8.71. The number of rotatable bonds is 4. The van der Waals surface area contributed by atoms with Crippen molar-refractivity contribution in [3.63, 3.8) is 0 Å². The molecule has 0 aliphatic rings. The van der Waals surface area contributed by atoms with Gasteiger partial charge in [0, 0.05) is 6.21 Å². The predicted molar refractivity (Wildman–Crippen MR) is 96.8 cm³/mol. The largest absolute Gasteiger partial charge is 0.456 e. The fourth-order valence-electron chi connectivity index (χ4n) is 1.87. The van der Waals surface area contributed by atoms with E-state index in [2.05, 4.69) is 4.40 Å². The van der Waals surface area contributed by atoms with Gasteiger partial charge in [0.15, 0.2) is 11.0 Å². The molecule has 0 saturated heterocycles. The van der Waals surface area contributed by atoms with E-state index in [-0.39, 0.29) is 5.97 Å². The van der Waals surface area contributed by atoms with Crippen molar-refractivity contribution in [2.45, 2.75) is 38.2 Å². The fraction of sp³-hybridized carbons (Fsp3) is 0.263. The van der Waals surface area contributed by atoms with Crippen molar-refractivity contribution in [2.24, 2.45) is 4.40 Å². The molecule has 0 aliphatic heterocycles. The third-order valence-corrected chi connectivity index (χ3v) is 4.04. The molecule has 0 fully saturated rings. The van der Waals surface area contributed by atoms with Crippen LogP contribution >= 0.6 is 0 Å². The van der Waals surface area contributed by atoms with Crippen molar-refractivity contribution in [2.75, 3.05) is 0 Å². The number of ether oxygens (including phenoxy) is 1. The SMILES string of the molecule is Cc1ccc(S(=O)N=Cc2ccc(C(=O)OC(C)(C)C)cc2)cc1. The number of carbonyl (C=O) groups is 1. The monoisotopic (exact) mass is 343 g/mol. The van der Waals surface area contributed by atoms with Gasteiger partial charge in [-0.05, 0) is 57.5 Å². The van der Waals surface area contributed by atoms with E-state index in [1.807, 2.05) is 39.8 Å². The molecule has 0 N–H and O–H groups in total. The van der Waals surface area contributed by atoms with Crippen LogP contribution in [0, 0.1) is 6.92 Å². The number of carbonyl (C=O) groups excluding carboxylic acids is 1. The van der Waals surface area contributed by atoms with Gasteiger partial charge in [-0.15, -0.1) is 0 Å². The molecule has 126 valence electrons. The van der Waals surface area contributed by atoms with Crippen LogP contribution in [0.1, 0.15) is 42.3 Å². The van der Waals surface area contributed by atoms with E-state index >= 15 is 0 Å². The Bertz CT molecular complexity index is 757. The lowest BCUT2D eigenvalue weighted by Gasteiger charge is -2.19. The van der Waals surface area contributed by atoms with E-state index in [1.165, 1.54) is 6.21 Å². The van der Waals surface area contributed by atoms with Crippen LogP contribution in [0.3, 0.4) is 0 Å². The van der Waals surface area contributed by atoms with Crippen molar-refractivity contribution in [3.8, 4) is 0 Å². The van der Waals surface area contributed by atoms with E-state index in [9.17, 15) is 9.00 Å². The van der Waals surface area contributed by atoms with Gasteiger partial charge < -0.3 is 4.74 Å². The molecule has 2 rings (SSSR count). The van der Waals surface area contributed by atoms with Crippen LogP contribution in [0.4, 0.5) is 0 Å². The van der Waals surface area contributed by atoms with E-state index in [0.29, 0.717) is 10.5 Å². The Hall–Kier alpha value is -2.27. The first-order valence-electron chi connectivity index (χ1n) is 7.61. The molecule has 4 nitrogen and oxygen atoms in total. The lowest BCUT2D eigenvalue weighted by Crippen LogP contribution is -2.23. The number of esters is 1. The molecule has 1 atom stereocenters. The van der Waals surface area contributed by atoms with Crippen LogP contribution in [0.25, 0.3) is 0 Å². The second kappa shape index (κ2) is 7.53. The van der Waals surface area contributed by atoms with E-state index < -0.39 is 16.6 Å². The van der Waals surface area contributed by atoms with Crippen LogP contribution in [-0.4, -0.2) is 22.0 Å². The molecule has 0 bridgehead atoms. The van der Waals surface area contributed by atoms with E-state index in [0.717, 1.165) is 11.1 Å². The molecule has 5 heteroatoms. The maximum Gasteiger partial charge on any atom is 0.338 e. The van der Waals surface area contributed by atoms with Crippen molar-refractivity contribution >= 4 is 23.2 Å². The van der Waals surface area contributed by atoms with Crippen LogP contribution in [0.2, 0.25) is 0 Å². The smallest absolute Gasteiger partial charge is 0.338 e. The maximum atomic E-state index is 12.1. The average molecular weight is 343 g/mol. The fourth-order valence-corrected chi connectivity index (χ4v) is 2.57. The van der Waals surface area contributed by atoms with Crippen molar-refractivity contribution in [1.29, 1.82) is 0 Å². The number of nitrogens with zero attached hydrogens (tertiary/aromatic N) is 1. The molecular formula is C19H21NO3S. The summed E-state index contributed by atoms with van der Waals surface area (Å²) in [7, 11) is -1.44. The van der Waals surface area contributed by atoms with Crippen LogP contribution in [0.15, 0.2) is 57.8 Å². The zero-order valence-corrected chi connectivity index (χ0v) is 15.1. The van der Waals surface area contributed by atoms with Gasteiger partial charge in [0.25, 0.3) is 0 Å². The molecule has 0 radical (unpaired) electrons. The van der Waals surface area contributed by atoms with Gasteiger partial charge in [-0.25, -0.2) is 9.00 Å². The van der Waals surface area contributed by atoms with Gasteiger partial charge in [0.05, 0.1) is 10.5 Å². The highest BCUT2D eigenvalue weighted by molar-refractivity contribution is 7.83. The van der Waals surface area contributed by atoms with Gasteiger partial charge >= 0.3 is 5.97 Å². The van der Waals surface area contributed by atoms with E-state index in [4.69, 9.17) is 4.74 Å². The highest BCUT2D eigenvalue weighted by atomic mass is 32.2. The minimum Gasteiger partial charge on any atom is -0.456 e. The number of hydrogen-bond donors (Lipinski definition) is 0. The van der Waals surface area contributed by atoms with Gasteiger partial charge in [-0.3, -0.25) is 0 Å². The summed E-state index contributed by atoms with van der Waals surface area (Å²) in [6, 6.07) is 14.2. The van der Waals surface area contributed by atoms with Crippen LogP contribution in [-0.2, 0) is 15.7 Å². The summed E-state index contributed by atoms with van der Waals surface area (Å²) in [6.07, 6.45) is 1.54.